The third-order valence-corrected chi connectivity index (χ3v) is 15.6. The first kappa shape index (κ1) is 59.5. The van der Waals surface area contributed by atoms with Gasteiger partial charge in [0.2, 0.25) is 0 Å². The summed E-state index contributed by atoms with van der Waals surface area (Å²) in [5, 5.41) is 20.7. The van der Waals surface area contributed by atoms with Crippen LogP contribution in [-0.4, -0.2) is 65.1 Å². The van der Waals surface area contributed by atoms with Crippen molar-refractivity contribution in [2.75, 3.05) is 13.2 Å². The molecule has 4 aromatic carbocycles. The molecule has 2 atom stereocenters. The molecule has 0 spiro atoms. The second-order valence-corrected chi connectivity index (χ2v) is 22.7. The number of hydrogen-bond donors (Lipinski definition) is 2. The van der Waals surface area contributed by atoms with Gasteiger partial charge in [-0.15, -0.1) is 0 Å². The molecule has 6 rings (SSSR count). The quantitative estimate of drug-likeness (QED) is 0.0876. The number of hydrogen-bond acceptors (Lipinski definition) is 9. The number of aromatic nitrogens is 1. The van der Waals surface area contributed by atoms with E-state index in [1.807, 2.05) is 53.9 Å². The third kappa shape index (κ3) is 13.9. The predicted molar refractivity (Wildman–Crippen MR) is 293 cm³/mol. The van der Waals surface area contributed by atoms with Gasteiger partial charge in [-0.1, -0.05) is 149 Å². The Labute approximate surface area is 433 Å². The second kappa shape index (κ2) is 24.8. The number of aryl methyl sites for hydroxylation is 3. The largest absolute Gasteiger partial charge is 0.494 e. The van der Waals surface area contributed by atoms with Gasteiger partial charge in [-0.3, -0.25) is 4.98 Å². The lowest BCUT2D eigenvalue weighted by Crippen LogP contribution is -2.41. The molecule has 2 N–H and O–H groups in total. The molecule has 0 saturated carbocycles. The molecule has 0 bridgehead atoms. The van der Waals surface area contributed by atoms with Gasteiger partial charge >= 0.3 is 13.3 Å². The molecule has 390 valence electrons. The molecule has 1 fully saturated rings. The lowest BCUT2D eigenvalue weighted by atomic mass is 9.69. The highest BCUT2D eigenvalue weighted by Gasteiger charge is 2.51. The number of rotatable bonds is 17. The minimum atomic E-state index is -0.519. The molecule has 0 aliphatic carbocycles. The maximum absolute atomic E-state index is 10.4. The van der Waals surface area contributed by atoms with Crippen LogP contribution >= 0.6 is 0 Å². The maximum atomic E-state index is 10.4. The van der Waals surface area contributed by atoms with Gasteiger partial charge in [0.15, 0.2) is 0 Å². The van der Waals surface area contributed by atoms with E-state index >= 15 is 0 Å². The fourth-order valence-electron chi connectivity index (χ4n) is 9.28. The number of pyridine rings is 1. The molecular formula is C62H86BNO8. The van der Waals surface area contributed by atoms with Crippen LogP contribution in [0.4, 0.5) is 0 Å². The zero-order valence-electron chi connectivity index (χ0n) is 46.8. The average Bonchev–Trinajstić information content (AvgIpc) is 3.57. The van der Waals surface area contributed by atoms with Crippen molar-refractivity contribution in [2.24, 2.45) is 10.8 Å². The zero-order valence-corrected chi connectivity index (χ0v) is 46.8. The van der Waals surface area contributed by atoms with E-state index in [0.29, 0.717) is 6.61 Å². The van der Waals surface area contributed by atoms with E-state index in [1.165, 1.54) is 38.9 Å². The van der Waals surface area contributed by atoms with Gasteiger partial charge in [0.25, 0.3) is 0 Å². The van der Waals surface area contributed by atoms with Gasteiger partial charge in [0, 0.05) is 28.8 Å². The Balaban J connectivity index is 0.000000296. The summed E-state index contributed by atoms with van der Waals surface area (Å²) in [6, 6.07) is 33.0. The van der Waals surface area contributed by atoms with Crippen LogP contribution in [0.2, 0.25) is 0 Å². The lowest BCUT2D eigenvalue weighted by molar-refractivity contribution is -0.191. The molecule has 9 nitrogen and oxygen atoms in total. The molecule has 72 heavy (non-hydrogen) atoms. The lowest BCUT2D eigenvalue weighted by Gasteiger charge is -2.34. The highest BCUT2D eigenvalue weighted by molar-refractivity contribution is 6.62. The predicted octanol–water partition coefficient (Wildman–Crippen LogP) is 13.1. The summed E-state index contributed by atoms with van der Waals surface area (Å²) in [5.41, 5.74) is 10.8. The number of ether oxygens (including phenoxy) is 2. The van der Waals surface area contributed by atoms with E-state index in [1.54, 1.807) is 0 Å². The highest BCUT2D eigenvalue weighted by atomic mass is 16.7. The van der Waals surface area contributed by atoms with E-state index < -0.39 is 12.2 Å². The van der Waals surface area contributed by atoms with Crippen LogP contribution < -0.4 is 14.9 Å². The number of aliphatic hydroxyl groups is 2. The van der Waals surface area contributed by atoms with E-state index in [-0.39, 0.29) is 52.7 Å². The van der Waals surface area contributed by atoms with Crippen LogP contribution in [0.1, 0.15) is 168 Å². The van der Waals surface area contributed by atoms with Crippen molar-refractivity contribution < 1.29 is 38.6 Å². The SMILES string of the molecule is CCC(CC)(c1ccc(B2OC(C)(C)C(C)(C)O2)cc1)c1ccc(OCC(O)C(C)(C)C)c(C)c1.CCc1cncc(-c2ccc(C(CC)(CC)c3ccc(OCC(O)C(C)(C)C)c(C)c3)cc2)c1.O=C=O. The minimum Gasteiger partial charge on any atom is -0.491 e. The standard InChI is InChI=1S/C31H41NO2.C30H45BO4.CO2/c1-8-23-18-25(20-32-19-23)24-11-13-26(14-12-24)31(9-2,10-3)27-15-16-28(22(4)17-27)34-21-29(33)30(5,6)7;1-11-30(12-2,23-15-18-25(21(3)19-23)33-20-26(32)27(4,5)6)22-13-16-24(17-14-22)31-34-28(7,8)29(9,10)35-31;2-1-3/h11-20,29,33H,8-10,21H2,1-7H3;13-19,26,32H,11-12,20H2,1-10H3;. The molecule has 5 aromatic rings. The van der Waals surface area contributed by atoms with Crippen molar-refractivity contribution in [3.63, 3.8) is 0 Å². The van der Waals surface area contributed by atoms with Crippen LogP contribution in [0.15, 0.2) is 103 Å². The van der Waals surface area contributed by atoms with Crippen molar-refractivity contribution in [1.82, 2.24) is 4.98 Å². The van der Waals surface area contributed by atoms with Crippen molar-refractivity contribution in [3.8, 4) is 22.6 Å². The number of benzene rings is 4. The summed E-state index contributed by atoms with van der Waals surface area (Å²) < 4.78 is 24.5. The fraction of sp³-hybridized carbons (Fsp3) is 0.516. The maximum Gasteiger partial charge on any atom is 0.494 e. The van der Waals surface area contributed by atoms with Crippen LogP contribution in [-0.2, 0) is 36.1 Å². The van der Waals surface area contributed by atoms with Gasteiger partial charge in [0.05, 0.1) is 23.4 Å². The Morgan fingerprint density at radius 3 is 1.29 bits per heavy atom. The summed E-state index contributed by atoms with van der Waals surface area (Å²) in [5.74, 6) is 1.67. The Morgan fingerprint density at radius 2 is 0.944 bits per heavy atom. The zero-order chi connectivity index (χ0) is 53.9. The highest BCUT2D eigenvalue weighted by Crippen LogP contribution is 2.43. The average molecular weight is 984 g/mol. The smallest absolute Gasteiger partial charge is 0.491 e. The van der Waals surface area contributed by atoms with Gasteiger partial charge < -0.3 is 29.0 Å². The molecule has 2 unspecified atom stereocenters. The summed E-state index contributed by atoms with van der Waals surface area (Å²) in [7, 11) is -0.353. The van der Waals surface area contributed by atoms with E-state index in [2.05, 4.69) is 172 Å². The first-order valence-electron chi connectivity index (χ1n) is 26.1. The Kier molecular flexibility index (Phi) is 20.5. The molecule has 10 heteroatoms. The van der Waals surface area contributed by atoms with Gasteiger partial charge in [-0.2, -0.15) is 9.59 Å². The number of nitrogens with zero attached hydrogens (tertiary/aromatic N) is 1. The molecule has 1 aromatic heterocycles. The molecule has 2 heterocycles. The van der Waals surface area contributed by atoms with Crippen LogP contribution in [0.3, 0.4) is 0 Å². The van der Waals surface area contributed by atoms with Crippen LogP contribution in [0, 0.1) is 24.7 Å². The molecule has 1 aliphatic rings. The van der Waals surface area contributed by atoms with Gasteiger partial charge in [-0.05, 0) is 153 Å². The third-order valence-electron chi connectivity index (χ3n) is 15.6. The monoisotopic (exact) mass is 984 g/mol. The number of carbonyl (C=O) groups excluding carboxylic acids is 2. The van der Waals surface area contributed by atoms with E-state index in [9.17, 15) is 10.2 Å². The topological polar surface area (TPSA) is 124 Å². The summed E-state index contributed by atoms with van der Waals surface area (Å²) in [4.78, 5) is 20.7. The fourth-order valence-corrected chi connectivity index (χ4v) is 9.28. The number of aliphatic hydroxyl groups excluding tert-OH is 2. The molecule has 0 radical (unpaired) electrons. The van der Waals surface area contributed by atoms with Crippen LogP contribution in [0.25, 0.3) is 11.1 Å². The first-order valence-corrected chi connectivity index (χ1v) is 26.1. The summed E-state index contributed by atoms with van der Waals surface area (Å²) >= 11 is 0. The van der Waals surface area contributed by atoms with Crippen molar-refractivity contribution in [1.29, 1.82) is 0 Å². The molecule has 1 saturated heterocycles. The van der Waals surface area contributed by atoms with Crippen molar-refractivity contribution in [2.45, 2.75) is 184 Å². The first-order chi connectivity index (χ1) is 33.7. The second-order valence-electron chi connectivity index (χ2n) is 22.7. The van der Waals surface area contributed by atoms with Gasteiger partial charge in [0.1, 0.15) is 24.7 Å². The van der Waals surface area contributed by atoms with Crippen molar-refractivity contribution in [3.05, 3.63) is 142 Å². The Hall–Kier alpha value is -5.09. The van der Waals surface area contributed by atoms with Crippen LogP contribution in [0.5, 0.6) is 11.5 Å². The minimum absolute atomic E-state index is 0.0593. The Morgan fingerprint density at radius 1 is 0.569 bits per heavy atom. The molecule has 1 aliphatic heterocycles. The van der Waals surface area contributed by atoms with E-state index in [4.69, 9.17) is 28.4 Å². The molecule has 0 amide bonds. The van der Waals surface area contributed by atoms with E-state index in [0.717, 1.165) is 60.2 Å². The summed E-state index contributed by atoms with van der Waals surface area (Å²) in [6.45, 7) is 36.4. The normalized spacial score (nSPS) is 15.3. The van der Waals surface area contributed by atoms with Crippen molar-refractivity contribution >= 4 is 18.7 Å². The molecular weight excluding hydrogens is 897 g/mol. The summed E-state index contributed by atoms with van der Waals surface area (Å²) in [6.07, 6.45) is 8.09. The van der Waals surface area contributed by atoms with Gasteiger partial charge in [-0.25, -0.2) is 0 Å². The Bertz CT molecular complexity index is 2510.